The van der Waals surface area contributed by atoms with Crippen molar-refractivity contribution in [1.82, 2.24) is 5.32 Å². The number of carbonyl (C=O) groups is 2. The molecular weight excluding hydrogens is 288 g/mol. The minimum absolute atomic E-state index is 0.0546. The van der Waals surface area contributed by atoms with E-state index in [2.05, 4.69) is 31.4 Å². The number of aliphatic carboxylic acids is 1. The standard InChI is InChI=1S/C15H22N2O3S/c1-15(2,3)21-12-8-6-11(7-9-12)17-14(20)16-10-4-5-13(18)19/h6-9H,4-5,10H2,1-3H3,(H,18,19)(H2,16,17,20). The summed E-state index contributed by atoms with van der Waals surface area (Å²) in [5.74, 6) is -0.857. The number of amides is 2. The molecule has 5 nitrogen and oxygen atoms in total. The van der Waals surface area contributed by atoms with E-state index in [-0.39, 0.29) is 17.2 Å². The van der Waals surface area contributed by atoms with Gasteiger partial charge >= 0.3 is 12.0 Å². The summed E-state index contributed by atoms with van der Waals surface area (Å²) in [6.07, 6.45) is 0.475. The highest BCUT2D eigenvalue weighted by atomic mass is 32.2. The van der Waals surface area contributed by atoms with Crippen LogP contribution in [0, 0.1) is 0 Å². The Balaban J connectivity index is 2.37. The van der Waals surface area contributed by atoms with Crippen molar-refractivity contribution in [2.75, 3.05) is 11.9 Å². The molecule has 1 rings (SSSR count). The molecule has 0 atom stereocenters. The number of hydrogen-bond donors (Lipinski definition) is 3. The molecule has 0 aromatic heterocycles. The van der Waals surface area contributed by atoms with Gasteiger partial charge in [-0.1, -0.05) is 20.8 Å². The zero-order chi connectivity index (χ0) is 15.9. The van der Waals surface area contributed by atoms with Gasteiger partial charge in [0, 0.05) is 28.3 Å². The first-order valence-electron chi connectivity index (χ1n) is 6.82. The van der Waals surface area contributed by atoms with E-state index in [1.807, 2.05) is 24.3 Å². The van der Waals surface area contributed by atoms with Gasteiger partial charge in [-0.15, -0.1) is 11.8 Å². The van der Waals surface area contributed by atoms with Gasteiger partial charge < -0.3 is 15.7 Å². The highest BCUT2D eigenvalue weighted by Gasteiger charge is 2.11. The van der Waals surface area contributed by atoms with Crippen molar-refractivity contribution >= 4 is 29.4 Å². The van der Waals surface area contributed by atoms with Gasteiger partial charge in [-0.05, 0) is 30.7 Å². The van der Waals surface area contributed by atoms with E-state index in [0.29, 0.717) is 18.7 Å². The Morgan fingerprint density at radius 2 is 1.81 bits per heavy atom. The second-order valence-electron chi connectivity index (χ2n) is 5.62. The quantitative estimate of drug-likeness (QED) is 0.554. The molecule has 0 saturated carbocycles. The third kappa shape index (κ3) is 8.24. The second kappa shape index (κ2) is 7.93. The van der Waals surface area contributed by atoms with Crippen LogP contribution < -0.4 is 10.6 Å². The van der Waals surface area contributed by atoms with Gasteiger partial charge in [-0.2, -0.15) is 0 Å². The van der Waals surface area contributed by atoms with Gasteiger partial charge in [0.15, 0.2) is 0 Å². The molecular formula is C15H22N2O3S. The largest absolute Gasteiger partial charge is 0.481 e. The lowest BCUT2D eigenvalue weighted by atomic mass is 10.3. The van der Waals surface area contributed by atoms with Crippen molar-refractivity contribution in [2.45, 2.75) is 43.3 Å². The van der Waals surface area contributed by atoms with E-state index in [1.54, 1.807) is 11.8 Å². The van der Waals surface area contributed by atoms with Crippen LogP contribution in [0.1, 0.15) is 33.6 Å². The summed E-state index contributed by atoms with van der Waals surface area (Å²) >= 11 is 1.76. The summed E-state index contributed by atoms with van der Waals surface area (Å²) in [5, 5.41) is 13.8. The summed E-state index contributed by atoms with van der Waals surface area (Å²) in [5.41, 5.74) is 0.712. The van der Waals surface area contributed by atoms with Crippen molar-refractivity contribution in [2.24, 2.45) is 0 Å². The van der Waals surface area contributed by atoms with Crippen molar-refractivity contribution in [3.8, 4) is 0 Å². The zero-order valence-electron chi connectivity index (χ0n) is 12.6. The first-order valence-corrected chi connectivity index (χ1v) is 7.64. The molecule has 0 fully saturated rings. The van der Waals surface area contributed by atoms with Crippen LogP contribution in [-0.2, 0) is 4.79 Å². The second-order valence-corrected chi connectivity index (χ2v) is 7.52. The number of anilines is 1. The normalized spacial score (nSPS) is 11.0. The predicted molar refractivity (Wildman–Crippen MR) is 85.9 cm³/mol. The predicted octanol–water partition coefficient (Wildman–Crippen LogP) is 3.56. The summed E-state index contributed by atoms with van der Waals surface area (Å²) < 4.78 is 0.149. The molecule has 3 N–H and O–H groups in total. The van der Waals surface area contributed by atoms with Crippen LogP contribution in [-0.4, -0.2) is 28.4 Å². The maximum Gasteiger partial charge on any atom is 0.319 e. The number of rotatable bonds is 6. The lowest BCUT2D eigenvalue weighted by Gasteiger charge is -2.17. The number of carboxylic acid groups (broad SMARTS) is 1. The third-order valence-corrected chi connectivity index (χ3v) is 3.51. The Morgan fingerprint density at radius 1 is 1.19 bits per heavy atom. The molecule has 0 spiro atoms. The fourth-order valence-corrected chi connectivity index (χ4v) is 2.56. The Hall–Kier alpha value is -1.69. The molecule has 0 saturated heterocycles. The number of urea groups is 1. The van der Waals surface area contributed by atoms with E-state index < -0.39 is 5.97 Å². The molecule has 6 heteroatoms. The molecule has 0 radical (unpaired) electrons. The van der Waals surface area contributed by atoms with Gasteiger partial charge in [0.05, 0.1) is 0 Å². The Kier molecular flexibility index (Phi) is 6.55. The molecule has 0 aliphatic rings. The molecule has 0 heterocycles. The van der Waals surface area contributed by atoms with Gasteiger partial charge in [-0.25, -0.2) is 4.79 Å². The van der Waals surface area contributed by atoms with E-state index in [4.69, 9.17) is 5.11 Å². The van der Waals surface area contributed by atoms with Crippen LogP contribution in [0.15, 0.2) is 29.2 Å². The first kappa shape index (κ1) is 17.4. The maximum atomic E-state index is 11.6. The van der Waals surface area contributed by atoms with E-state index in [9.17, 15) is 9.59 Å². The highest BCUT2D eigenvalue weighted by Crippen LogP contribution is 2.32. The molecule has 2 amide bonds. The van der Waals surface area contributed by atoms with Gasteiger partial charge in [0.25, 0.3) is 0 Å². The molecule has 0 unspecified atom stereocenters. The molecule has 0 bridgehead atoms. The lowest BCUT2D eigenvalue weighted by molar-refractivity contribution is -0.137. The average Bonchev–Trinajstić information content (AvgIpc) is 2.35. The Morgan fingerprint density at radius 3 is 2.33 bits per heavy atom. The van der Waals surface area contributed by atoms with Crippen LogP contribution >= 0.6 is 11.8 Å². The van der Waals surface area contributed by atoms with Crippen LogP contribution in [0.3, 0.4) is 0 Å². The number of carbonyl (C=O) groups excluding carboxylic acids is 1. The third-order valence-electron chi connectivity index (χ3n) is 2.39. The smallest absolute Gasteiger partial charge is 0.319 e. The Labute approximate surface area is 129 Å². The first-order chi connectivity index (χ1) is 9.76. The fourth-order valence-electron chi connectivity index (χ4n) is 1.58. The number of benzene rings is 1. The van der Waals surface area contributed by atoms with Crippen LogP contribution in [0.5, 0.6) is 0 Å². The topological polar surface area (TPSA) is 78.4 Å². The van der Waals surface area contributed by atoms with Crippen molar-refractivity contribution < 1.29 is 14.7 Å². The number of thioether (sulfide) groups is 1. The van der Waals surface area contributed by atoms with Crippen LogP contribution in [0.4, 0.5) is 10.5 Å². The molecule has 0 aliphatic heterocycles. The van der Waals surface area contributed by atoms with Crippen LogP contribution in [0.25, 0.3) is 0 Å². The minimum atomic E-state index is -0.857. The van der Waals surface area contributed by atoms with Gasteiger partial charge in [0.1, 0.15) is 0 Å². The number of nitrogens with one attached hydrogen (secondary N) is 2. The monoisotopic (exact) mass is 310 g/mol. The number of hydrogen-bond acceptors (Lipinski definition) is 3. The molecule has 116 valence electrons. The van der Waals surface area contributed by atoms with Crippen LogP contribution in [0.2, 0.25) is 0 Å². The molecule has 0 aliphatic carbocycles. The number of carboxylic acids is 1. The fraction of sp³-hybridized carbons (Fsp3) is 0.467. The molecule has 1 aromatic rings. The summed E-state index contributed by atoms with van der Waals surface area (Å²) in [6.45, 7) is 6.79. The van der Waals surface area contributed by atoms with Crippen molar-refractivity contribution in [1.29, 1.82) is 0 Å². The van der Waals surface area contributed by atoms with Crippen molar-refractivity contribution in [3.63, 3.8) is 0 Å². The van der Waals surface area contributed by atoms with E-state index in [0.717, 1.165) is 4.90 Å². The minimum Gasteiger partial charge on any atom is -0.481 e. The van der Waals surface area contributed by atoms with Gasteiger partial charge in [-0.3, -0.25) is 4.79 Å². The van der Waals surface area contributed by atoms with E-state index >= 15 is 0 Å². The van der Waals surface area contributed by atoms with E-state index in [1.165, 1.54) is 0 Å². The highest BCUT2D eigenvalue weighted by molar-refractivity contribution is 8.00. The summed E-state index contributed by atoms with van der Waals surface area (Å²) in [7, 11) is 0. The average molecular weight is 310 g/mol. The van der Waals surface area contributed by atoms with Gasteiger partial charge in [0.2, 0.25) is 0 Å². The van der Waals surface area contributed by atoms with Crippen molar-refractivity contribution in [3.05, 3.63) is 24.3 Å². The summed E-state index contributed by atoms with van der Waals surface area (Å²) in [4.78, 5) is 23.1. The SMILES string of the molecule is CC(C)(C)Sc1ccc(NC(=O)NCCCC(=O)O)cc1. The Bertz CT molecular complexity index is 481. The molecule has 21 heavy (non-hydrogen) atoms. The maximum absolute atomic E-state index is 11.6. The molecule has 1 aromatic carbocycles. The zero-order valence-corrected chi connectivity index (χ0v) is 13.4. The summed E-state index contributed by atoms with van der Waals surface area (Å²) in [6, 6.07) is 7.32. The lowest BCUT2D eigenvalue weighted by Crippen LogP contribution is -2.29.